The molecule has 0 aliphatic heterocycles. The number of aliphatic hydroxyl groups is 1. The summed E-state index contributed by atoms with van der Waals surface area (Å²) in [5.74, 6) is -0.594. The molecule has 20 heavy (non-hydrogen) atoms. The van der Waals surface area contributed by atoms with Crippen LogP contribution in [0.5, 0.6) is 0 Å². The Labute approximate surface area is 123 Å². The normalized spacial score (nSPS) is 24.4. The number of hydrogen-bond donors (Lipinski definition) is 2. The maximum Gasteiger partial charge on any atom is 0.242 e. The fourth-order valence-corrected chi connectivity index (χ4v) is 4.22. The van der Waals surface area contributed by atoms with E-state index in [0.717, 1.165) is 37.5 Å². The van der Waals surface area contributed by atoms with Crippen molar-refractivity contribution >= 4 is 21.6 Å². The topological polar surface area (TPSA) is 66.4 Å². The summed E-state index contributed by atoms with van der Waals surface area (Å²) in [6.07, 6.45) is 3.18. The Balaban J connectivity index is 2.21. The Morgan fingerprint density at radius 1 is 1.25 bits per heavy atom. The lowest BCUT2D eigenvalue weighted by Gasteiger charge is -2.21. The van der Waals surface area contributed by atoms with Crippen molar-refractivity contribution in [2.45, 2.75) is 49.1 Å². The zero-order chi connectivity index (χ0) is 14.8. The van der Waals surface area contributed by atoms with Gasteiger partial charge in [-0.1, -0.05) is 30.9 Å². The molecule has 2 atom stereocenters. The van der Waals surface area contributed by atoms with E-state index in [9.17, 15) is 17.9 Å². The van der Waals surface area contributed by atoms with Gasteiger partial charge in [0.15, 0.2) is 0 Å². The van der Waals surface area contributed by atoms with Gasteiger partial charge < -0.3 is 5.11 Å². The molecular weight excluding hydrogens is 305 g/mol. The summed E-state index contributed by atoms with van der Waals surface area (Å²) in [5, 5.41) is 9.79. The van der Waals surface area contributed by atoms with Crippen LogP contribution in [0.15, 0.2) is 23.1 Å². The van der Waals surface area contributed by atoms with Crippen LogP contribution in [-0.4, -0.2) is 25.7 Å². The number of benzene rings is 1. The van der Waals surface area contributed by atoms with Gasteiger partial charge in [-0.15, -0.1) is 0 Å². The highest BCUT2D eigenvalue weighted by Crippen LogP contribution is 2.24. The highest BCUT2D eigenvalue weighted by Gasteiger charge is 2.28. The van der Waals surface area contributed by atoms with Gasteiger partial charge in [-0.05, 0) is 31.0 Å². The van der Waals surface area contributed by atoms with Crippen molar-refractivity contribution in [3.8, 4) is 0 Å². The van der Waals surface area contributed by atoms with Crippen LogP contribution < -0.4 is 4.72 Å². The van der Waals surface area contributed by atoms with Crippen LogP contribution in [0, 0.1) is 5.82 Å². The molecule has 0 spiro atoms. The molecule has 4 nitrogen and oxygen atoms in total. The third kappa shape index (κ3) is 3.69. The molecule has 7 heteroatoms. The van der Waals surface area contributed by atoms with Gasteiger partial charge in [0.2, 0.25) is 10.0 Å². The second-order valence-corrected chi connectivity index (χ2v) is 7.10. The third-order valence-corrected chi connectivity index (χ3v) is 5.44. The quantitative estimate of drug-likeness (QED) is 0.840. The number of rotatable bonds is 3. The average Bonchev–Trinajstić information content (AvgIpc) is 2.54. The molecular formula is C13H17ClFNO3S. The predicted octanol–water partition coefficient (Wildman–Crippen LogP) is 2.45. The van der Waals surface area contributed by atoms with Crippen molar-refractivity contribution in [2.24, 2.45) is 0 Å². The number of hydrogen-bond acceptors (Lipinski definition) is 3. The lowest BCUT2D eigenvalue weighted by atomic mass is 10.1. The molecule has 0 radical (unpaired) electrons. The molecule has 1 aromatic rings. The van der Waals surface area contributed by atoms with E-state index in [0.29, 0.717) is 12.8 Å². The van der Waals surface area contributed by atoms with E-state index in [1.807, 2.05) is 0 Å². The average molecular weight is 322 g/mol. The zero-order valence-electron chi connectivity index (χ0n) is 10.9. The molecule has 1 fully saturated rings. The van der Waals surface area contributed by atoms with Gasteiger partial charge in [-0.25, -0.2) is 17.5 Å². The van der Waals surface area contributed by atoms with Crippen LogP contribution in [0.4, 0.5) is 4.39 Å². The van der Waals surface area contributed by atoms with E-state index in [2.05, 4.69) is 4.72 Å². The monoisotopic (exact) mass is 321 g/mol. The Bertz CT molecular complexity index is 579. The van der Waals surface area contributed by atoms with Gasteiger partial charge in [0.05, 0.1) is 11.1 Å². The summed E-state index contributed by atoms with van der Waals surface area (Å²) >= 11 is 5.78. The second-order valence-electron chi connectivity index (χ2n) is 5.01. The number of nitrogens with one attached hydrogen (secondary N) is 1. The first kappa shape index (κ1) is 15.7. The molecule has 112 valence electrons. The van der Waals surface area contributed by atoms with Gasteiger partial charge >= 0.3 is 0 Å². The summed E-state index contributed by atoms with van der Waals surface area (Å²) in [6.45, 7) is 0. The molecule has 0 aromatic heterocycles. The molecule has 2 unspecified atom stereocenters. The predicted molar refractivity (Wildman–Crippen MR) is 74.6 cm³/mol. The first-order valence-corrected chi connectivity index (χ1v) is 8.42. The summed E-state index contributed by atoms with van der Waals surface area (Å²) in [5.41, 5.74) is 0. The second kappa shape index (κ2) is 6.39. The molecule has 1 aliphatic rings. The van der Waals surface area contributed by atoms with E-state index >= 15 is 0 Å². The van der Waals surface area contributed by atoms with Gasteiger partial charge in [-0.3, -0.25) is 0 Å². The summed E-state index contributed by atoms with van der Waals surface area (Å²) in [7, 11) is -3.87. The largest absolute Gasteiger partial charge is 0.391 e. The van der Waals surface area contributed by atoms with Crippen LogP contribution in [0.25, 0.3) is 0 Å². The van der Waals surface area contributed by atoms with Crippen LogP contribution >= 0.6 is 11.6 Å². The van der Waals surface area contributed by atoms with Crippen LogP contribution in [0.2, 0.25) is 5.02 Å². The summed E-state index contributed by atoms with van der Waals surface area (Å²) in [4.78, 5) is -0.169. The fraction of sp³-hybridized carbons (Fsp3) is 0.538. The van der Waals surface area contributed by atoms with Gasteiger partial charge in [0, 0.05) is 6.04 Å². The molecule has 0 heterocycles. The van der Waals surface area contributed by atoms with E-state index in [4.69, 9.17) is 11.6 Å². The minimum absolute atomic E-state index is 0.166. The lowest BCUT2D eigenvalue weighted by molar-refractivity contribution is 0.130. The molecule has 0 bridgehead atoms. The van der Waals surface area contributed by atoms with E-state index in [1.165, 1.54) is 0 Å². The molecule has 0 amide bonds. The van der Waals surface area contributed by atoms with Gasteiger partial charge in [0.1, 0.15) is 10.7 Å². The Kier molecular flexibility index (Phi) is 5.01. The maximum atomic E-state index is 13.0. The highest BCUT2D eigenvalue weighted by molar-refractivity contribution is 7.89. The summed E-state index contributed by atoms with van der Waals surface area (Å²) < 4.78 is 40.0. The first-order chi connectivity index (χ1) is 9.40. The standard InChI is InChI=1S/C13H17ClFNO3S/c14-10-8-9(15)6-7-13(10)20(18,19)16-11-4-2-1-3-5-12(11)17/h6-8,11-12,16-17H,1-5H2. The third-order valence-electron chi connectivity index (χ3n) is 3.47. The van der Waals surface area contributed by atoms with Crippen molar-refractivity contribution in [2.75, 3.05) is 0 Å². The Morgan fingerprint density at radius 2 is 1.95 bits per heavy atom. The molecule has 2 rings (SSSR count). The van der Waals surface area contributed by atoms with Crippen molar-refractivity contribution in [1.82, 2.24) is 4.72 Å². The maximum absolute atomic E-state index is 13.0. The smallest absolute Gasteiger partial charge is 0.242 e. The molecule has 1 saturated carbocycles. The highest BCUT2D eigenvalue weighted by atomic mass is 35.5. The van der Waals surface area contributed by atoms with Crippen molar-refractivity contribution < 1.29 is 17.9 Å². The number of halogens is 2. The van der Waals surface area contributed by atoms with E-state index < -0.39 is 28.0 Å². The molecule has 1 aromatic carbocycles. The van der Waals surface area contributed by atoms with Crippen molar-refractivity contribution in [3.63, 3.8) is 0 Å². The SMILES string of the molecule is O=S(=O)(NC1CCCCCC1O)c1ccc(F)cc1Cl. The van der Waals surface area contributed by atoms with Crippen LogP contribution in [-0.2, 0) is 10.0 Å². The molecule has 0 saturated heterocycles. The van der Waals surface area contributed by atoms with Gasteiger partial charge in [0.25, 0.3) is 0 Å². The summed E-state index contributed by atoms with van der Waals surface area (Å²) in [6, 6.07) is 2.61. The van der Waals surface area contributed by atoms with E-state index in [1.54, 1.807) is 0 Å². The molecule has 1 aliphatic carbocycles. The van der Waals surface area contributed by atoms with Crippen molar-refractivity contribution in [3.05, 3.63) is 29.0 Å². The number of sulfonamides is 1. The zero-order valence-corrected chi connectivity index (χ0v) is 12.4. The van der Waals surface area contributed by atoms with Crippen molar-refractivity contribution in [1.29, 1.82) is 0 Å². The molecule has 2 N–H and O–H groups in total. The van der Waals surface area contributed by atoms with Gasteiger partial charge in [-0.2, -0.15) is 0 Å². The minimum Gasteiger partial charge on any atom is -0.391 e. The number of aliphatic hydroxyl groups excluding tert-OH is 1. The Hall–Kier alpha value is -0.690. The Morgan fingerprint density at radius 3 is 2.65 bits per heavy atom. The lowest BCUT2D eigenvalue weighted by Crippen LogP contribution is -2.42. The van der Waals surface area contributed by atoms with Crippen LogP contribution in [0.3, 0.4) is 0 Å². The van der Waals surface area contributed by atoms with E-state index in [-0.39, 0.29) is 9.92 Å². The first-order valence-electron chi connectivity index (χ1n) is 6.55. The van der Waals surface area contributed by atoms with Crippen LogP contribution in [0.1, 0.15) is 32.1 Å². The fourth-order valence-electron chi connectivity index (χ4n) is 2.38. The minimum atomic E-state index is -3.87.